The van der Waals surface area contributed by atoms with E-state index in [1.165, 1.54) is 27.5 Å². The van der Waals surface area contributed by atoms with E-state index in [0.29, 0.717) is 11.7 Å². The first-order chi connectivity index (χ1) is 9.61. The van der Waals surface area contributed by atoms with Gasteiger partial charge in [-0.3, -0.25) is 4.79 Å². The average molecular weight is 262 g/mol. The fraction of sp³-hybridized carbons (Fsp3) is 0.316. The number of benzene rings is 2. The molecule has 1 heteroatoms. The van der Waals surface area contributed by atoms with Crippen LogP contribution < -0.4 is 0 Å². The molecule has 2 aromatic rings. The molecule has 1 saturated carbocycles. The quantitative estimate of drug-likeness (QED) is 0.672. The summed E-state index contributed by atoms with van der Waals surface area (Å²) in [5.41, 5.74) is 3.71. The first-order valence-electron chi connectivity index (χ1n) is 7.36. The van der Waals surface area contributed by atoms with Gasteiger partial charge in [0, 0.05) is 12.3 Å². The number of Topliss-reactive ketones (excluding diaryl/α,β-unsaturated/α-hetero) is 1. The third-order valence-electron chi connectivity index (χ3n) is 5.23. The number of carbonyl (C=O) groups excluding carboxylic acids is 1. The van der Waals surface area contributed by atoms with Crippen molar-refractivity contribution in [2.24, 2.45) is 5.41 Å². The van der Waals surface area contributed by atoms with Crippen LogP contribution in [0.4, 0.5) is 0 Å². The van der Waals surface area contributed by atoms with Crippen molar-refractivity contribution < 1.29 is 4.79 Å². The summed E-state index contributed by atoms with van der Waals surface area (Å²) in [7, 11) is 0. The summed E-state index contributed by atoms with van der Waals surface area (Å²) in [4.78, 5) is 12.3. The first-order valence-corrected chi connectivity index (χ1v) is 7.36. The molecule has 0 bridgehead atoms. The predicted octanol–water partition coefficient (Wildman–Crippen LogP) is 4.71. The molecule has 2 aliphatic rings. The number of allylic oxidation sites excluding steroid dienone is 2. The Bertz CT molecular complexity index is 768. The van der Waals surface area contributed by atoms with E-state index in [4.69, 9.17) is 0 Å². The molecule has 0 aromatic heterocycles. The second kappa shape index (κ2) is 3.82. The molecule has 2 aromatic carbocycles. The zero-order valence-corrected chi connectivity index (χ0v) is 11.9. The van der Waals surface area contributed by atoms with Crippen molar-refractivity contribution in [3.8, 4) is 0 Å². The fourth-order valence-corrected chi connectivity index (χ4v) is 4.24. The Morgan fingerprint density at radius 2 is 1.95 bits per heavy atom. The standard InChI is InChI=1S/C19H18O/c1-12-11-19(2)16(9-10-17(19)20)15-8-7-13-5-3-4-6-14(13)18(12)15/h3-8,11,16H,9-10H2,1-2H3/t16-,19+/m0/s1. The molecule has 0 N–H and O–H groups in total. The molecule has 0 heterocycles. The normalized spacial score (nSPS) is 28.2. The highest BCUT2D eigenvalue weighted by Crippen LogP contribution is 2.54. The van der Waals surface area contributed by atoms with Gasteiger partial charge in [0.2, 0.25) is 0 Å². The highest BCUT2D eigenvalue weighted by Gasteiger charge is 2.48. The molecular weight excluding hydrogens is 244 g/mol. The number of rotatable bonds is 0. The third kappa shape index (κ3) is 1.35. The van der Waals surface area contributed by atoms with Gasteiger partial charge >= 0.3 is 0 Å². The molecule has 100 valence electrons. The number of carbonyl (C=O) groups is 1. The second-order valence-electron chi connectivity index (χ2n) is 6.38. The molecule has 2 aliphatic carbocycles. The van der Waals surface area contributed by atoms with Gasteiger partial charge in [-0.05, 0) is 47.7 Å². The van der Waals surface area contributed by atoms with Crippen molar-refractivity contribution in [3.05, 3.63) is 53.6 Å². The first kappa shape index (κ1) is 11.9. The monoisotopic (exact) mass is 262 g/mol. The Hall–Kier alpha value is -1.89. The van der Waals surface area contributed by atoms with E-state index in [2.05, 4.69) is 56.3 Å². The Morgan fingerprint density at radius 1 is 1.15 bits per heavy atom. The van der Waals surface area contributed by atoms with Crippen LogP contribution in [-0.2, 0) is 4.79 Å². The topological polar surface area (TPSA) is 17.1 Å². The van der Waals surface area contributed by atoms with Crippen LogP contribution in [0, 0.1) is 5.41 Å². The molecule has 1 fully saturated rings. The minimum Gasteiger partial charge on any atom is -0.299 e. The van der Waals surface area contributed by atoms with Gasteiger partial charge in [-0.25, -0.2) is 0 Å². The lowest BCUT2D eigenvalue weighted by Crippen LogP contribution is -2.28. The van der Waals surface area contributed by atoms with Crippen LogP contribution in [0.1, 0.15) is 43.7 Å². The van der Waals surface area contributed by atoms with Gasteiger partial charge < -0.3 is 0 Å². The Morgan fingerprint density at radius 3 is 2.80 bits per heavy atom. The summed E-state index contributed by atoms with van der Waals surface area (Å²) < 4.78 is 0. The van der Waals surface area contributed by atoms with E-state index in [9.17, 15) is 4.79 Å². The maximum Gasteiger partial charge on any atom is 0.143 e. The van der Waals surface area contributed by atoms with Gasteiger partial charge in [-0.1, -0.05) is 42.5 Å². The molecule has 0 radical (unpaired) electrons. The molecular formula is C19H18O. The lowest BCUT2D eigenvalue weighted by Gasteiger charge is -2.34. The summed E-state index contributed by atoms with van der Waals surface area (Å²) in [5, 5.41) is 2.60. The molecule has 0 amide bonds. The maximum atomic E-state index is 12.3. The molecule has 0 spiro atoms. The van der Waals surface area contributed by atoms with E-state index in [1.54, 1.807) is 0 Å². The number of hydrogen-bond donors (Lipinski definition) is 0. The summed E-state index contributed by atoms with van der Waals surface area (Å²) in [6.45, 7) is 4.27. The molecule has 20 heavy (non-hydrogen) atoms. The van der Waals surface area contributed by atoms with Gasteiger partial charge in [-0.2, -0.15) is 0 Å². The van der Waals surface area contributed by atoms with E-state index >= 15 is 0 Å². The summed E-state index contributed by atoms with van der Waals surface area (Å²) in [6, 6.07) is 13.0. The van der Waals surface area contributed by atoms with Gasteiger partial charge in [0.05, 0.1) is 5.41 Å². The van der Waals surface area contributed by atoms with E-state index in [0.717, 1.165) is 12.8 Å². The van der Waals surface area contributed by atoms with Crippen molar-refractivity contribution in [1.82, 2.24) is 0 Å². The Labute approximate surface area is 119 Å². The van der Waals surface area contributed by atoms with Gasteiger partial charge in [0.1, 0.15) is 5.78 Å². The minimum absolute atomic E-state index is 0.278. The van der Waals surface area contributed by atoms with Crippen LogP contribution in [0.15, 0.2) is 42.5 Å². The number of fused-ring (bicyclic) bond motifs is 5. The predicted molar refractivity (Wildman–Crippen MR) is 82.7 cm³/mol. The van der Waals surface area contributed by atoms with Crippen molar-refractivity contribution in [2.45, 2.75) is 32.6 Å². The van der Waals surface area contributed by atoms with Crippen LogP contribution >= 0.6 is 0 Å². The van der Waals surface area contributed by atoms with Gasteiger partial charge in [-0.15, -0.1) is 0 Å². The Balaban J connectivity index is 2.07. The molecule has 2 atom stereocenters. The number of ketones is 1. The van der Waals surface area contributed by atoms with Crippen LogP contribution in [0.5, 0.6) is 0 Å². The third-order valence-corrected chi connectivity index (χ3v) is 5.23. The highest BCUT2D eigenvalue weighted by molar-refractivity contribution is 6.00. The molecule has 1 nitrogen and oxygen atoms in total. The van der Waals surface area contributed by atoms with E-state index in [-0.39, 0.29) is 5.41 Å². The van der Waals surface area contributed by atoms with Crippen molar-refractivity contribution in [2.75, 3.05) is 0 Å². The zero-order valence-electron chi connectivity index (χ0n) is 11.9. The average Bonchev–Trinajstić information content (AvgIpc) is 2.74. The lowest BCUT2D eigenvalue weighted by atomic mass is 9.68. The minimum atomic E-state index is -0.278. The van der Waals surface area contributed by atoms with Gasteiger partial charge in [0.15, 0.2) is 0 Å². The van der Waals surface area contributed by atoms with Crippen LogP contribution in [-0.4, -0.2) is 5.78 Å². The van der Waals surface area contributed by atoms with Gasteiger partial charge in [0.25, 0.3) is 0 Å². The van der Waals surface area contributed by atoms with Crippen molar-refractivity contribution in [3.63, 3.8) is 0 Å². The second-order valence-corrected chi connectivity index (χ2v) is 6.38. The van der Waals surface area contributed by atoms with E-state index in [1.807, 2.05) is 0 Å². The zero-order chi connectivity index (χ0) is 13.9. The fourth-order valence-electron chi connectivity index (χ4n) is 4.24. The lowest BCUT2D eigenvalue weighted by molar-refractivity contribution is -0.123. The maximum absolute atomic E-state index is 12.3. The Kier molecular flexibility index (Phi) is 2.27. The summed E-state index contributed by atoms with van der Waals surface area (Å²) >= 11 is 0. The van der Waals surface area contributed by atoms with Crippen molar-refractivity contribution >= 4 is 22.1 Å². The van der Waals surface area contributed by atoms with Crippen LogP contribution in [0.25, 0.3) is 16.3 Å². The SMILES string of the molecule is CC1=C[C@@]2(C)C(=O)CC[C@H]2c2ccc3ccccc3c21. The molecule has 0 unspecified atom stereocenters. The van der Waals surface area contributed by atoms with Crippen LogP contribution in [0.3, 0.4) is 0 Å². The van der Waals surface area contributed by atoms with Crippen molar-refractivity contribution in [1.29, 1.82) is 0 Å². The van der Waals surface area contributed by atoms with E-state index < -0.39 is 0 Å². The molecule has 4 rings (SSSR count). The number of hydrogen-bond acceptors (Lipinski definition) is 1. The molecule has 0 saturated heterocycles. The summed E-state index contributed by atoms with van der Waals surface area (Å²) in [6.07, 6.45) is 3.93. The largest absolute Gasteiger partial charge is 0.299 e. The molecule has 0 aliphatic heterocycles. The highest BCUT2D eigenvalue weighted by atomic mass is 16.1. The smallest absolute Gasteiger partial charge is 0.143 e. The summed E-state index contributed by atoms with van der Waals surface area (Å²) in [5.74, 6) is 0.763. The van der Waals surface area contributed by atoms with Crippen LogP contribution in [0.2, 0.25) is 0 Å².